The van der Waals surface area contributed by atoms with Crippen LogP contribution in [-0.4, -0.2) is 40.1 Å². The van der Waals surface area contributed by atoms with Crippen molar-refractivity contribution in [2.75, 3.05) is 19.7 Å². The first-order valence-corrected chi connectivity index (χ1v) is 11.1. The van der Waals surface area contributed by atoms with Crippen LogP contribution in [0.2, 0.25) is 0 Å². The second kappa shape index (κ2) is 8.62. The van der Waals surface area contributed by atoms with Crippen molar-refractivity contribution in [1.29, 1.82) is 0 Å². The topological polar surface area (TPSA) is 64.4 Å². The first-order chi connectivity index (χ1) is 14.5. The Morgan fingerprint density at radius 1 is 1.23 bits per heavy atom. The van der Waals surface area contributed by atoms with Gasteiger partial charge in [-0.3, -0.25) is 9.59 Å². The minimum absolute atomic E-state index is 0.0319. The molecular weight excluding hydrogens is 378 g/mol. The fourth-order valence-corrected chi connectivity index (χ4v) is 5.06. The van der Waals surface area contributed by atoms with Crippen LogP contribution in [0.15, 0.2) is 41.3 Å². The van der Waals surface area contributed by atoms with Crippen molar-refractivity contribution < 1.29 is 9.53 Å². The van der Waals surface area contributed by atoms with Gasteiger partial charge in [-0.15, -0.1) is 0 Å². The number of aromatic nitrogens is 2. The predicted octanol–water partition coefficient (Wildman–Crippen LogP) is 3.88. The number of ether oxygens (including phenoxy) is 1. The van der Waals surface area contributed by atoms with E-state index in [9.17, 15) is 9.59 Å². The molecular formula is C24H31N3O3. The van der Waals surface area contributed by atoms with E-state index >= 15 is 0 Å². The number of nitrogens with zero attached hydrogens (tertiary/aromatic N) is 3. The molecule has 2 bridgehead atoms. The Bertz CT molecular complexity index is 968. The summed E-state index contributed by atoms with van der Waals surface area (Å²) in [5.41, 5.74) is 1.67. The second-order valence-corrected chi connectivity index (χ2v) is 8.89. The zero-order valence-electron chi connectivity index (χ0n) is 18.1. The van der Waals surface area contributed by atoms with Gasteiger partial charge in [0, 0.05) is 43.0 Å². The zero-order chi connectivity index (χ0) is 21.3. The monoisotopic (exact) mass is 409 g/mol. The minimum atomic E-state index is -0.0319. The van der Waals surface area contributed by atoms with Gasteiger partial charge in [-0.05, 0) is 56.2 Å². The molecule has 6 nitrogen and oxygen atoms in total. The van der Waals surface area contributed by atoms with Gasteiger partial charge in [0.15, 0.2) is 0 Å². The lowest BCUT2D eigenvalue weighted by Crippen LogP contribution is -2.51. The molecule has 4 rings (SSSR count). The Balaban J connectivity index is 1.66. The van der Waals surface area contributed by atoms with Crippen LogP contribution in [0.25, 0.3) is 0 Å². The van der Waals surface area contributed by atoms with Crippen molar-refractivity contribution in [3.63, 3.8) is 0 Å². The van der Waals surface area contributed by atoms with E-state index in [0.717, 1.165) is 25.0 Å². The molecule has 0 aliphatic carbocycles. The van der Waals surface area contributed by atoms with Crippen molar-refractivity contribution in [1.82, 2.24) is 14.5 Å². The van der Waals surface area contributed by atoms with E-state index in [1.807, 2.05) is 22.5 Å². The van der Waals surface area contributed by atoms with Gasteiger partial charge in [-0.25, -0.2) is 4.98 Å². The number of piperidine rings is 1. The lowest BCUT2D eigenvalue weighted by atomic mass is 9.76. The lowest BCUT2D eigenvalue weighted by Gasteiger charge is -2.47. The smallest absolute Gasteiger partial charge is 0.259 e. The Labute approximate surface area is 177 Å². The van der Waals surface area contributed by atoms with Crippen LogP contribution in [0.3, 0.4) is 0 Å². The van der Waals surface area contributed by atoms with E-state index in [-0.39, 0.29) is 29.3 Å². The standard InChI is InChI=1S/C24H31N3O3/c1-4-30-23-19(7-6-12-25-23)24(29)26-14-17-13-18(15-26)21(11-10-16(2)3)27-20(17)8-5-9-22(27)28/h5-9,12,16-18,21H,4,10-11,13-15H2,1-3H3/t17-,18+,21+/m1/s1. The van der Waals surface area contributed by atoms with Crippen LogP contribution in [-0.2, 0) is 0 Å². The zero-order valence-corrected chi connectivity index (χ0v) is 18.1. The van der Waals surface area contributed by atoms with E-state index in [0.29, 0.717) is 37.1 Å². The molecule has 0 radical (unpaired) electrons. The van der Waals surface area contributed by atoms with E-state index < -0.39 is 0 Å². The Kier molecular flexibility index (Phi) is 5.93. The normalized spacial score (nSPS) is 22.7. The summed E-state index contributed by atoms with van der Waals surface area (Å²) >= 11 is 0. The molecule has 2 aliphatic rings. The largest absolute Gasteiger partial charge is 0.477 e. The summed E-state index contributed by atoms with van der Waals surface area (Å²) in [6.07, 6.45) is 4.71. The number of fused-ring (bicyclic) bond motifs is 4. The maximum absolute atomic E-state index is 13.4. The van der Waals surface area contributed by atoms with Gasteiger partial charge in [0.2, 0.25) is 5.88 Å². The molecule has 30 heavy (non-hydrogen) atoms. The molecule has 3 atom stereocenters. The van der Waals surface area contributed by atoms with E-state index in [2.05, 4.69) is 24.9 Å². The highest BCUT2D eigenvalue weighted by Gasteiger charge is 2.42. The fraction of sp³-hybridized carbons (Fsp3) is 0.542. The third kappa shape index (κ3) is 3.87. The molecule has 2 aliphatic heterocycles. The van der Waals surface area contributed by atoms with Gasteiger partial charge < -0.3 is 14.2 Å². The van der Waals surface area contributed by atoms with Crippen LogP contribution < -0.4 is 10.3 Å². The Morgan fingerprint density at radius 3 is 2.83 bits per heavy atom. The summed E-state index contributed by atoms with van der Waals surface area (Å²) < 4.78 is 7.62. The summed E-state index contributed by atoms with van der Waals surface area (Å²) in [6.45, 7) is 8.08. The maximum atomic E-state index is 13.4. The van der Waals surface area contributed by atoms with Crippen LogP contribution in [0.4, 0.5) is 0 Å². The van der Waals surface area contributed by atoms with Gasteiger partial charge >= 0.3 is 0 Å². The Morgan fingerprint density at radius 2 is 2.07 bits per heavy atom. The molecule has 2 aromatic rings. The Hall–Kier alpha value is -2.63. The fourth-order valence-electron chi connectivity index (χ4n) is 5.06. The first kappa shape index (κ1) is 20.6. The molecule has 1 fully saturated rings. The number of likely N-dealkylation sites (tertiary alicyclic amines) is 1. The number of rotatable bonds is 6. The van der Waals surface area contributed by atoms with Gasteiger partial charge in [0.05, 0.1) is 6.61 Å². The molecule has 1 amide bonds. The minimum Gasteiger partial charge on any atom is -0.477 e. The maximum Gasteiger partial charge on any atom is 0.259 e. The van der Waals surface area contributed by atoms with Crippen LogP contribution >= 0.6 is 0 Å². The highest BCUT2D eigenvalue weighted by molar-refractivity contribution is 5.96. The first-order valence-electron chi connectivity index (χ1n) is 11.1. The van der Waals surface area contributed by atoms with Gasteiger partial charge in [-0.1, -0.05) is 19.9 Å². The average Bonchev–Trinajstić information content (AvgIpc) is 2.74. The number of carbonyl (C=O) groups is 1. The number of pyridine rings is 2. The molecule has 0 spiro atoms. The molecule has 2 aromatic heterocycles. The quantitative estimate of drug-likeness (QED) is 0.726. The summed E-state index contributed by atoms with van der Waals surface area (Å²) in [6, 6.07) is 9.29. The second-order valence-electron chi connectivity index (χ2n) is 8.89. The predicted molar refractivity (Wildman–Crippen MR) is 116 cm³/mol. The molecule has 0 aromatic carbocycles. The molecule has 160 valence electrons. The van der Waals surface area contributed by atoms with Crippen molar-refractivity contribution in [2.24, 2.45) is 11.8 Å². The highest BCUT2D eigenvalue weighted by atomic mass is 16.5. The van der Waals surface area contributed by atoms with Crippen LogP contribution in [0.5, 0.6) is 5.88 Å². The number of hydrogen-bond donors (Lipinski definition) is 0. The summed E-state index contributed by atoms with van der Waals surface area (Å²) in [5, 5.41) is 0. The number of carbonyl (C=O) groups excluding carboxylic acids is 1. The van der Waals surface area contributed by atoms with E-state index in [4.69, 9.17) is 4.74 Å². The summed E-state index contributed by atoms with van der Waals surface area (Å²) in [7, 11) is 0. The summed E-state index contributed by atoms with van der Waals surface area (Å²) in [4.78, 5) is 32.4. The average molecular weight is 410 g/mol. The molecule has 1 saturated heterocycles. The SMILES string of the molecule is CCOc1ncccc1C(=O)N1C[C@H]2C[C@@H](C1)[C@H](CCC(C)C)n1c2cccc1=O. The molecule has 0 N–H and O–H groups in total. The number of amides is 1. The van der Waals surface area contributed by atoms with Gasteiger partial charge in [0.1, 0.15) is 5.56 Å². The third-order valence-corrected chi connectivity index (χ3v) is 6.41. The van der Waals surface area contributed by atoms with Crippen molar-refractivity contribution in [3.8, 4) is 5.88 Å². The van der Waals surface area contributed by atoms with Crippen molar-refractivity contribution in [2.45, 2.75) is 52.0 Å². The van der Waals surface area contributed by atoms with Crippen LogP contribution in [0, 0.1) is 11.8 Å². The number of hydrogen-bond acceptors (Lipinski definition) is 4. The van der Waals surface area contributed by atoms with Gasteiger partial charge in [0.25, 0.3) is 11.5 Å². The lowest BCUT2D eigenvalue weighted by molar-refractivity contribution is 0.0509. The van der Waals surface area contributed by atoms with Gasteiger partial charge in [-0.2, -0.15) is 0 Å². The van der Waals surface area contributed by atoms with Crippen molar-refractivity contribution >= 4 is 5.91 Å². The van der Waals surface area contributed by atoms with E-state index in [1.54, 1.807) is 24.4 Å². The van der Waals surface area contributed by atoms with E-state index in [1.165, 1.54) is 0 Å². The molecule has 0 saturated carbocycles. The molecule has 6 heteroatoms. The molecule has 4 heterocycles. The third-order valence-electron chi connectivity index (χ3n) is 6.41. The molecule has 0 unspecified atom stereocenters. The van der Waals surface area contributed by atoms with Crippen molar-refractivity contribution in [3.05, 3.63) is 58.1 Å². The van der Waals surface area contributed by atoms with Crippen LogP contribution in [0.1, 0.15) is 68.0 Å². The highest BCUT2D eigenvalue weighted by Crippen LogP contribution is 2.43. The summed E-state index contributed by atoms with van der Waals surface area (Å²) in [5.74, 6) is 1.41.